The van der Waals surface area contributed by atoms with Crippen LogP contribution in [0.1, 0.15) is 31.5 Å². The summed E-state index contributed by atoms with van der Waals surface area (Å²) in [5.41, 5.74) is 0.984. The van der Waals surface area contributed by atoms with Crippen molar-refractivity contribution in [3.05, 3.63) is 36.9 Å². The fourth-order valence-electron chi connectivity index (χ4n) is 1.57. The van der Waals surface area contributed by atoms with Gasteiger partial charge in [-0.2, -0.15) is 5.10 Å². The van der Waals surface area contributed by atoms with Gasteiger partial charge in [-0.1, -0.05) is 13.3 Å². The van der Waals surface area contributed by atoms with Crippen molar-refractivity contribution in [1.82, 2.24) is 24.7 Å². The highest BCUT2D eigenvalue weighted by atomic mass is 15.3. The maximum atomic E-state index is 4.25. The molecule has 15 heavy (non-hydrogen) atoms. The minimum atomic E-state index is 0.167. The van der Waals surface area contributed by atoms with Gasteiger partial charge in [-0.15, -0.1) is 0 Å². The highest BCUT2D eigenvalue weighted by Crippen LogP contribution is 2.19. The van der Waals surface area contributed by atoms with E-state index in [0.717, 1.165) is 18.5 Å². The summed E-state index contributed by atoms with van der Waals surface area (Å²) in [6.45, 7) is 2.14. The van der Waals surface area contributed by atoms with Gasteiger partial charge >= 0.3 is 0 Å². The third kappa shape index (κ3) is 2.18. The normalized spacial score (nSPS) is 12.6. The van der Waals surface area contributed by atoms with Crippen molar-refractivity contribution < 1.29 is 0 Å². The maximum Gasteiger partial charge on any atom is 0.137 e. The van der Waals surface area contributed by atoms with E-state index in [2.05, 4.69) is 27.0 Å². The molecule has 0 aliphatic heterocycles. The molecular weight excluding hydrogens is 190 g/mol. The summed E-state index contributed by atoms with van der Waals surface area (Å²) in [6.07, 6.45) is 8.66. The van der Waals surface area contributed by atoms with Crippen molar-refractivity contribution in [2.24, 2.45) is 0 Å². The summed E-state index contributed by atoms with van der Waals surface area (Å²) in [6, 6.07) is 2.09. The average Bonchev–Trinajstić information content (AvgIpc) is 2.80. The van der Waals surface area contributed by atoms with Crippen molar-refractivity contribution in [2.45, 2.75) is 25.8 Å². The van der Waals surface area contributed by atoms with E-state index in [4.69, 9.17) is 0 Å². The Morgan fingerprint density at radius 1 is 1.33 bits per heavy atom. The highest BCUT2D eigenvalue weighted by Gasteiger charge is 2.14. The smallest absolute Gasteiger partial charge is 0.137 e. The van der Waals surface area contributed by atoms with Crippen LogP contribution in [0, 0.1) is 0 Å². The molecule has 1 unspecified atom stereocenters. The molecular formula is C10H13N5. The van der Waals surface area contributed by atoms with Crippen molar-refractivity contribution in [2.75, 3.05) is 0 Å². The summed E-state index contributed by atoms with van der Waals surface area (Å²) >= 11 is 0. The van der Waals surface area contributed by atoms with Crippen molar-refractivity contribution in [3.63, 3.8) is 0 Å². The summed E-state index contributed by atoms with van der Waals surface area (Å²) in [5.74, 6) is 0. The van der Waals surface area contributed by atoms with E-state index < -0.39 is 0 Å². The Morgan fingerprint density at radius 2 is 2.27 bits per heavy atom. The summed E-state index contributed by atoms with van der Waals surface area (Å²) in [7, 11) is 0. The van der Waals surface area contributed by atoms with Gasteiger partial charge in [0.15, 0.2) is 0 Å². The third-order valence-electron chi connectivity index (χ3n) is 2.26. The van der Waals surface area contributed by atoms with E-state index in [0.29, 0.717) is 0 Å². The Morgan fingerprint density at radius 3 is 2.87 bits per heavy atom. The van der Waals surface area contributed by atoms with Crippen molar-refractivity contribution in [1.29, 1.82) is 0 Å². The molecule has 5 nitrogen and oxygen atoms in total. The quantitative estimate of drug-likeness (QED) is 0.754. The molecule has 0 radical (unpaired) electrons. The highest BCUT2D eigenvalue weighted by molar-refractivity contribution is 5.05. The molecule has 78 valence electrons. The third-order valence-corrected chi connectivity index (χ3v) is 2.26. The first kappa shape index (κ1) is 9.76. The summed E-state index contributed by atoms with van der Waals surface area (Å²) in [4.78, 5) is 12.1. The standard InChI is InChI=1S/C10H13N5/c1-2-3-10(15-8-12-7-14-15)9-4-5-11-6-13-9/h4-8,10H,2-3H2,1H3. The fraction of sp³-hybridized carbons (Fsp3) is 0.400. The topological polar surface area (TPSA) is 56.5 Å². The number of hydrogen-bond donors (Lipinski definition) is 0. The summed E-state index contributed by atoms with van der Waals surface area (Å²) < 4.78 is 1.84. The van der Waals surface area contributed by atoms with E-state index in [9.17, 15) is 0 Å². The van der Waals surface area contributed by atoms with Crippen LogP contribution in [0.15, 0.2) is 31.2 Å². The maximum absolute atomic E-state index is 4.25. The van der Waals surface area contributed by atoms with Crippen LogP contribution in [0.5, 0.6) is 0 Å². The van der Waals surface area contributed by atoms with E-state index in [-0.39, 0.29) is 6.04 Å². The molecule has 0 aliphatic carbocycles. The first-order valence-electron chi connectivity index (χ1n) is 5.02. The molecule has 0 N–H and O–H groups in total. The Kier molecular flexibility index (Phi) is 3.02. The van der Waals surface area contributed by atoms with E-state index >= 15 is 0 Å². The monoisotopic (exact) mass is 203 g/mol. The van der Waals surface area contributed by atoms with Gasteiger partial charge in [-0.3, -0.25) is 0 Å². The molecule has 5 heteroatoms. The largest absolute Gasteiger partial charge is 0.245 e. The van der Waals surface area contributed by atoms with Crippen LogP contribution in [0.2, 0.25) is 0 Å². The van der Waals surface area contributed by atoms with Crippen LogP contribution >= 0.6 is 0 Å². The minimum Gasteiger partial charge on any atom is -0.245 e. The van der Waals surface area contributed by atoms with Gasteiger partial charge in [-0.05, 0) is 12.5 Å². The molecule has 2 aromatic rings. The van der Waals surface area contributed by atoms with E-state index in [1.807, 2.05) is 10.7 Å². The molecule has 0 bridgehead atoms. The number of hydrogen-bond acceptors (Lipinski definition) is 4. The molecule has 0 saturated heterocycles. The second-order valence-corrected chi connectivity index (χ2v) is 3.31. The lowest BCUT2D eigenvalue weighted by molar-refractivity contribution is 0.472. The molecule has 2 heterocycles. The van der Waals surface area contributed by atoms with E-state index in [1.54, 1.807) is 25.2 Å². The zero-order valence-corrected chi connectivity index (χ0v) is 8.61. The Balaban J connectivity index is 2.28. The van der Waals surface area contributed by atoms with Crippen molar-refractivity contribution in [3.8, 4) is 0 Å². The molecule has 0 amide bonds. The second-order valence-electron chi connectivity index (χ2n) is 3.31. The SMILES string of the molecule is CCCC(c1ccncn1)n1cncn1. The predicted octanol–water partition coefficient (Wildman–Crippen LogP) is 1.46. The summed E-state index contributed by atoms with van der Waals surface area (Å²) in [5, 5.41) is 4.16. The fourth-order valence-corrected chi connectivity index (χ4v) is 1.57. The first-order valence-corrected chi connectivity index (χ1v) is 5.02. The molecule has 0 spiro atoms. The first-order chi connectivity index (χ1) is 7.42. The van der Waals surface area contributed by atoms with Crippen LogP contribution in [-0.4, -0.2) is 24.7 Å². The zero-order valence-electron chi connectivity index (χ0n) is 8.61. The lowest BCUT2D eigenvalue weighted by Crippen LogP contribution is -2.12. The average molecular weight is 203 g/mol. The number of nitrogens with zero attached hydrogens (tertiary/aromatic N) is 5. The number of aromatic nitrogens is 5. The molecule has 0 aromatic carbocycles. The van der Waals surface area contributed by atoms with Gasteiger partial charge in [-0.25, -0.2) is 19.6 Å². The Labute approximate surface area is 88.2 Å². The second kappa shape index (κ2) is 4.63. The van der Waals surface area contributed by atoms with Gasteiger partial charge in [0, 0.05) is 6.20 Å². The number of rotatable bonds is 4. The molecule has 0 aliphatic rings. The predicted molar refractivity (Wildman–Crippen MR) is 55.1 cm³/mol. The van der Waals surface area contributed by atoms with Gasteiger partial charge in [0.05, 0.1) is 11.7 Å². The Hall–Kier alpha value is -1.78. The Bertz CT molecular complexity index is 383. The van der Waals surface area contributed by atoms with Crippen LogP contribution in [0.4, 0.5) is 0 Å². The van der Waals surface area contributed by atoms with Crippen LogP contribution in [0.3, 0.4) is 0 Å². The van der Waals surface area contributed by atoms with Crippen molar-refractivity contribution >= 4 is 0 Å². The van der Waals surface area contributed by atoms with Crippen LogP contribution in [-0.2, 0) is 0 Å². The lowest BCUT2D eigenvalue weighted by atomic mass is 10.1. The molecule has 2 aromatic heterocycles. The van der Waals surface area contributed by atoms with Gasteiger partial charge in [0.2, 0.25) is 0 Å². The van der Waals surface area contributed by atoms with Crippen LogP contribution < -0.4 is 0 Å². The van der Waals surface area contributed by atoms with Crippen LogP contribution in [0.25, 0.3) is 0 Å². The lowest BCUT2D eigenvalue weighted by Gasteiger charge is -2.14. The molecule has 2 rings (SSSR count). The minimum absolute atomic E-state index is 0.167. The zero-order chi connectivity index (χ0) is 10.5. The molecule has 1 atom stereocenters. The van der Waals surface area contributed by atoms with E-state index in [1.165, 1.54) is 0 Å². The van der Waals surface area contributed by atoms with Gasteiger partial charge in [0.25, 0.3) is 0 Å². The van der Waals surface area contributed by atoms with Gasteiger partial charge in [0.1, 0.15) is 19.0 Å². The molecule has 0 fully saturated rings. The molecule has 0 saturated carbocycles. The van der Waals surface area contributed by atoms with Gasteiger partial charge < -0.3 is 0 Å².